The monoisotopic (exact) mass is 393 g/mol. The molecule has 142 valence electrons. The third-order valence-corrected chi connectivity index (χ3v) is 4.04. The maximum Gasteiger partial charge on any atom is 0.338 e. The first kappa shape index (κ1) is 19.8. The molecule has 1 aromatic heterocycles. The van der Waals surface area contributed by atoms with Crippen LogP contribution in [0.25, 0.3) is 0 Å². The number of rotatable bonds is 8. The molecule has 0 aliphatic heterocycles. The van der Waals surface area contributed by atoms with Crippen molar-refractivity contribution in [3.8, 4) is 5.75 Å². The Morgan fingerprint density at radius 1 is 1.30 bits per heavy atom. The van der Waals surface area contributed by atoms with Crippen molar-refractivity contribution in [1.82, 2.24) is 0 Å². The van der Waals surface area contributed by atoms with Crippen molar-refractivity contribution in [3.05, 3.63) is 50.9 Å². The third-order valence-electron chi connectivity index (χ3n) is 3.21. The number of benzene rings is 1. The number of anilines is 1. The molecule has 1 heterocycles. The number of thiophene rings is 1. The number of nitrogens with one attached hydrogen (secondary N) is 1. The van der Waals surface area contributed by atoms with Crippen molar-refractivity contribution >= 4 is 39.8 Å². The predicted octanol–water partition coefficient (Wildman–Crippen LogP) is 1.95. The van der Waals surface area contributed by atoms with Crippen molar-refractivity contribution < 1.29 is 28.8 Å². The van der Waals surface area contributed by atoms with Crippen molar-refractivity contribution in [2.75, 3.05) is 18.5 Å². The van der Waals surface area contributed by atoms with E-state index in [1.54, 1.807) is 12.3 Å². The molecule has 11 heteroatoms. The van der Waals surface area contributed by atoms with Crippen LogP contribution in [0.2, 0.25) is 0 Å². The van der Waals surface area contributed by atoms with E-state index in [4.69, 9.17) is 15.2 Å². The van der Waals surface area contributed by atoms with Crippen LogP contribution in [0, 0.1) is 10.1 Å². The van der Waals surface area contributed by atoms with Crippen LogP contribution in [0.5, 0.6) is 5.75 Å². The van der Waals surface area contributed by atoms with E-state index in [-0.39, 0.29) is 34.2 Å². The van der Waals surface area contributed by atoms with E-state index in [0.29, 0.717) is 0 Å². The number of nitro groups is 1. The van der Waals surface area contributed by atoms with E-state index in [0.717, 1.165) is 17.4 Å². The minimum absolute atomic E-state index is 0.0217. The zero-order valence-corrected chi connectivity index (χ0v) is 14.9. The molecule has 0 saturated heterocycles. The number of esters is 1. The largest absolute Gasteiger partial charge is 0.487 e. The molecule has 27 heavy (non-hydrogen) atoms. The smallest absolute Gasteiger partial charge is 0.338 e. The second kappa shape index (κ2) is 8.76. The van der Waals surface area contributed by atoms with E-state index < -0.39 is 29.3 Å². The Kier molecular flexibility index (Phi) is 6.44. The summed E-state index contributed by atoms with van der Waals surface area (Å²) < 4.78 is 9.97. The van der Waals surface area contributed by atoms with Crippen LogP contribution in [0.15, 0.2) is 29.6 Å². The SMILES string of the molecule is CCOc1ccc(C(=O)OCC(=O)Nc2sccc2C(N)=O)cc1[N+](=O)[O-]. The zero-order valence-electron chi connectivity index (χ0n) is 14.1. The van der Waals surface area contributed by atoms with Crippen LogP contribution >= 0.6 is 11.3 Å². The topological polar surface area (TPSA) is 151 Å². The normalized spacial score (nSPS) is 10.1. The van der Waals surface area contributed by atoms with Gasteiger partial charge in [0.25, 0.3) is 11.8 Å². The van der Waals surface area contributed by atoms with Crippen LogP contribution in [-0.2, 0) is 9.53 Å². The second-order valence-corrected chi connectivity index (χ2v) is 5.94. The lowest BCUT2D eigenvalue weighted by molar-refractivity contribution is -0.385. The maximum absolute atomic E-state index is 12.0. The van der Waals surface area contributed by atoms with Crippen molar-refractivity contribution in [2.45, 2.75) is 6.92 Å². The van der Waals surface area contributed by atoms with Gasteiger partial charge in [-0.1, -0.05) is 0 Å². The van der Waals surface area contributed by atoms with E-state index in [1.165, 1.54) is 18.2 Å². The van der Waals surface area contributed by atoms with Crippen molar-refractivity contribution in [3.63, 3.8) is 0 Å². The number of nitrogens with zero attached hydrogens (tertiary/aromatic N) is 1. The van der Waals surface area contributed by atoms with Gasteiger partial charge < -0.3 is 20.5 Å². The molecule has 0 saturated carbocycles. The molecule has 3 N–H and O–H groups in total. The number of hydrogen-bond acceptors (Lipinski definition) is 8. The first-order valence-electron chi connectivity index (χ1n) is 7.59. The molecule has 0 spiro atoms. The van der Waals surface area contributed by atoms with E-state index in [1.807, 2.05) is 0 Å². The maximum atomic E-state index is 12.0. The highest BCUT2D eigenvalue weighted by molar-refractivity contribution is 7.14. The van der Waals surface area contributed by atoms with Gasteiger partial charge in [-0.25, -0.2) is 4.79 Å². The highest BCUT2D eigenvalue weighted by Gasteiger charge is 2.20. The Hall–Kier alpha value is -3.47. The summed E-state index contributed by atoms with van der Waals surface area (Å²) in [5.41, 5.74) is 4.82. The first-order chi connectivity index (χ1) is 12.8. The number of primary amides is 1. The van der Waals surface area contributed by atoms with Gasteiger partial charge in [-0.2, -0.15) is 0 Å². The molecule has 2 amide bonds. The van der Waals surface area contributed by atoms with Crippen LogP contribution in [0.1, 0.15) is 27.6 Å². The van der Waals surface area contributed by atoms with Gasteiger partial charge in [0.2, 0.25) is 0 Å². The number of hydrogen-bond donors (Lipinski definition) is 2. The number of amides is 2. The van der Waals surface area contributed by atoms with E-state index >= 15 is 0 Å². The average Bonchev–Trinajstić information content (AvgIpc) is 3.08. The quantitative estimate of drug-likeness (QED) is 0.395. The third kappa shape index (κ3) is 5.01. The summed E-state index contributed by atoms with van der Waals surface area (Å²) in [6, 6.07) is 5.04. The Labute approximate surface area is 157 Å². The highest BCUT2D eigenvalue weighted by Crippen LogP contribution is 2.28. The van der Waals surface area contributed by atoms with Gasteiger partial charge in [-0.05, 0) is 30.5 Å². The summed E-state index contributed by atoms with van der Waals surface area (Å²) in [6.07, 6.45) is 0. The number of carbonyl (C=O) groups excluding carboxylic acids is 3. The fourth-order valence-corrected chi connectivity index (χ4v) is 2.85. The molecule has 0 fully saturated rings. The summed E-state index contributed by atoms with van der Waals surface area (Å²) in [5, 5.41) is 15.3. The molecule has 2 aromatic rings. The lowest BCUT2D eigenvalue weighted by atomic mass is 10.2. The Morgan fingerprint density at radius 3 is 2.67 bits per heavy atom. The fraction of sp³-hybridized carbons (Fsp3) is 0.188. The first-order valence-corrected chi connectivity index (χ1v) is 8.47. The van der Waals surface area contributed by atoms with Crippen LogP contribution in [-0.4, -0.2) is 35.9 Å². The number of nitrogens with two attached hydrogens (primary N) is 1. The molecule has 10 nitrogen and oxygen atoms in total. The number of carbonyl (C=O) groups is 3. The van der Waals surface area contributed by atoms with Crippen LogP contribution in [0.3, 0.4) is 0 Å². The highest BCUT2D eigenvalue weighted by atomic mass is 32.1. The summed E-state index contributed by atoms with van der Waals surface area (Å²) in [7, 11) is 0. The molecule has 0 unspecified atom stereocenters. The Bertz CT molecular complexity index is 894. The van der Waals surface area contributed by atoms with Gasteiger partial charge in [0.15, 0.2) is 12.4 Å². The van der Waals surface area contributed by atoms with Gasteiger partial charge in [0.05, 0.1) is 22.7 Å². The molecule has 0 bridgehead atoms. The Morgan fingerprint density at radius 2 is 2.04 bits per heavy atom. The van der Waals surface area contributed by atoms with Gasteiger partial charge in [-0.3, -0.25) is 19.7 Å². The lowest BCUT2D eigenvalue weighted by Gasteiger charge is -2.08. The van der Waals surface area contributed by atoms with Crippen molar-refractivity contribution in [1.29, 1.82) is 0 Å². The zero-order chi connectivity index (χ0) is 20.0. The van der Waals surface area contributed by atoms with Gasteiger partial charge >= 0.3 is 11.7 Å². The van der Waals surface area contributed by atoms with Gasteiger partial charge in [0, 0.05) is 6.07 Å². The lowest BCUT2D eigenvalue weighted by Crippen LogP contribution is -2.22. The summed E-state index contributed by atoms with van der Waals surface area (Å²) >= 11 is 1.09. The fourth-order valence-electron chi connectivity index (χ4n) is 2.04. The molecular formula is C16H15N3O7S. The molecular weight excluding hydrogens is 378 g/mol. The standard InChI is InChI=1S/C16H15N3O7S/c1-2-25-12-4-3-9(7-11(12)19(23)24)16(22)26-8-13(20)18-15-10(14(17)21)5-6-27-15/h3-7H,2,8H2,1H3,(H2,17,21)(H,18,20). The molecule has 0 aliphatic carbocycles. The predicted molar refractivity (Wildman–Crippen MR) is 96.0 cm³/mol. The van der Waals surface area contributed by atoms with Gasteiger partial charge in [-0.15, -0.1) is 11.3 Å². The second-order valence-electron chi connectivity index (χ2n) is 5.02. The number of nitro benzene ring substituents is 1. The summed E-state index contributed by atoms with van der Waals surface area (Å²) in [5.74, 6) is -2.29. The van der Waals surface area contributed by atoms with E-state index in [9.17, 15) is 24.5 Å². The minimum atomic E-state index is -0.919. The van der Waals surface area contributed by atoms with Crippen LogP contribution in [0.4, 0.5) is 10.7 Å². The molecule has 0 aliphatic rings. The minimum Gasteiger partial charge on any atom is -0.487 e. The van der Waals surface area contributed by atoms with Crippen LogP contribution < -0.4 is 15.8 Å². The summed E-state index contributed by atoms with van der Waals surface area (Å²) in [4.78, 5) is 45.5. The molecule has 2 rings (SSSR count). The van der Waals surface area contributed by atoms with Gasteiger partial charge in [0.1, 0.15) is 5.00 Å². The van der Waals surface area contributed by atoms with Crippen molar-refractivity contribution in [2.24, 2.45) is 5.73 Å². The van der Waals surface area contributed by atoms with E-state index in [2.05, 4.69) is 5.32 Å². The summed E-state index contributed by atoms with van der Waals surface area (Å²) in [6.45, 7) is 1.25. The Balaban J connectivity index is 2.01. The molecule has 0 radical (unpaired) electrons. The average molecular weight is 393 g/mol. The number of ether oxygens (including phenoxy) is 2. The molecule has 1 aromatic carbocycles. The molecule has 0 atom stereocenters.